The number of aryl methyl sites for hydroxylation is 1. The van der Waals surface area contributed by atoms with E-state index in [0.717, 1.165) is 0 Å². The molecule has 0 N–H and O–H groups in total. The van der Waals surface area contributed by atoms with E-state index in [1.807, 2.05) is 11.3 Å². The smallest absolute Gasteiger partial charge is 0.155 e. The Bertz CT molecular complexity index is 2190. The molecule has 4 heterocycles. The van der Waals surface area contributed by atoms with E-state index in [1.54, 1.807) is 5.84 Å². The Morgan fingerprint density at radius 1 is 0.792 bits per heavy atom. The van der Waals surface area contributed by atoms with Crippen LogP contribution in [0.1, 0.15) is 114 Å². The van der Waals surface area contributed by atoms with Crippen molar-refractivity contribution >= 4 is 38.2 Å². The maximum Gasteiger partial charge on any atom is 0.479 e. The first-order valence-corrected chi connectivity index (χ1v) is 19.8. The molecule has 0 saturated heterocycles. The quantitative estimate of drug-likeness (QED) is 0.177. The molecule has 2 aliphatic heterocycles. The fraction of sp³-hybridized carbons (Fsp3) is 0.455. The highest BCUT2D eigenvalue weighted by Gasteiger charge is 2.78. The largest absolute Gasteiger partial charge is 0.479 e. The summed E-state index contributed by atoms with van der Waals surface area (Å²) in [6.45, 7) is 12.1. The van der Waals surface area contributed by atoms with Gasteiger partial charge in [-0.05, 0) is 99.1 Å². The first-order chi connectivity index (χ1) is 23.3. The van der Waals surface area contributed by atoms with Crippen molar-refractivity contribution < 1.29 is 9.14 Å². The SMILES string of the molecule is Cc1ccc2c(ccc3[n+]2C2(c4ccc5c(c4-3)-c3sc4ccccc4c3C5(C)C)N(C3CCCCC3)C(C(C)C)=[N+]2C2CCCCC2)c1. The molecule has 5 aromatic rings. The normalized spacial score (nSPS) is 23.2. The summed E-state index contributed by atoms with van der Waals surface area (Å²) in [5.41, 5.74) is 11.6. The number of rotatable bonds is 3. The molecule has 2 aromatic heterocycles. The van der Waals surface area contributed by atoms with Gasteiger partial charge in [0, 0.05) is 38.1 Å². The molecule has 1 unspecified atom stereocenters. The monoisotopic (exact) mass is 651 g/mol. The molecular formula is C44H49N3S+2. The zero-order valence-corrected chi connectivity index (χ0v) is 30.2. The van der Waals surface area contributed by atoms with Crippen molar-refractivity contribution in [1.82, 2.24) is 4.90 Å². The summed E-state index contributed by atoms with van der Waals surface area (Å²) in [5.74, 6) is 1.74. The van der Waals surface area contributed by atoms with Gasteiger partial charge in [-0.3, -0.25) is 0 Å². The lowest BCUT2D eigenvalue weighted by Crippen LogP contribution is -2.84. The lowest BCUT2D eigenvalue weighted by atomic mass is 9.79. The molecular weight excluding hydrogens is 603 g/mol. The molecule has 3 nitrogen and oxygen atoms in total. The zero-order chi connectivity index (χ0) is 32.5. The molecule has 0 bridgehead atoms. The van der Waals surface area contributed by atoms with E-state index < -0.39 is 0 Å². The van der Waals surface area contributed by atoms with Crippen LogP contribution < -0.4 is 4.57 Å². The van der Waals surface area contributed by atoms with Crippen LogP contribution in [0.4, 0.5) is 0 Å². The number of aromatic nitrogens is 1. The maximum atomic E-state index is 3.01. The maximum absolute atomic E-state index is 3.01. The zero-order valence-electron chi connectivity index (χ0n) is 29.4. The molecule has 4 heteroatoms. The van der Waals surface area contributed by atoms with Crippen LogP contribution in [0.2, 0.25) is 0 Å². The van der Waals surface area contributed by atoms with Crippen molar-refractivity contribution in [3.8, 4) is 21.7 Å². The number of pyridine rings is 1. The van der Waals surface area contributed by atoms with Gasteiger partial charge in [0.2, 0.25) is 11.2 Å². The first-order valence-electron chi connectivity index (χ1n) is 19.0. The fourth-order valence-electron chi connectivity index (χ4n) is 11.0. The standard InChI is InChI=1S/C44H49N3S/c1-27(2)42-45(30-14-8-6-9-15-30)44(46(42)31-16-10-7-11-17-31)34-23-22-33-39(41-40(43(33,4)5)32-18-12-13-19-37(32)48-41)38(34)36-25-21-29-26-28(3)20-24-35(29)47(36)44/h12-13,18-27,30-31H,6-11,14-17H2,1-5H3/q+2. The van der Waals surface area contributed by atoms with Gasteiger partial charge in [0.15, 0.2) is 0 Å². The summed E-state index contributed by atoms with van der Waals surface area (Å²) in [7, 11) is 0. The number of amidine groups is 1. The average Bonchev–Trinajstić information content (AvgIpc) is 3.70. The van der Waals surface area contributed by atoms with E-state index in [0.29, 0.717) is 18.0 Å². The Kier molecular flexibility index (Phi) is 6.29. The average molecular weight is 652 g/mol. The van der Waals surface area contributed by atoms with Gasteiger partial charge in [-0.15, -0.1) is 15.9 Å². The number of thiophene rings is 1. The minimum atomic E-state index is -0.346. The Balaban J connectivity index is 1.36. The molecule has 48 heavy (non-hydrogen) atoms. The molecule has 10 rings (SSSR count). The second-order valence-electron chi connectivity index (χ2n) is 16.4. The summed E-state index contributed by atoms with van der Waals surface area (Å²) in [6, 6.07) is 27.6. The van der Waals surface area contributed by atoms with Crippen molar-refractivity contribution in [2.45, 2.75) is 122 Å². The van der Waals surface area contributed by atoms with Crippen LogP contribution in [0.25, 0.3) is 42.7 Å². The Morgan fingerprint density at radius 2 is 1.52 bits per heavy atom. The Hall–Kier alpha value is -3.50. The van der Waals surface area contributed by atoms with E-state index >= 15 is 0 Å². The number of hydrogen-bond acceptors (Lipinski definition) is 2. The topological polar surface area (TPSA) is 10.1 Å². The van der Waals surface area contributed by atoms with Crippen molar-refractivity contribution in [2.75, 3.05) is 0 Å². The van der Waals surface area contributed by atoms with E-state index in [1.165, 1.54) is 129 Å². The van der Waals surface area contributed by atoms with Crippen molar-refractivity contribution in [3.63, 3.8) is 0 Å². The van der Waals surface area contributed by atoms with E-state index in [-0.39, 0.29) is 11.2 Å². The number of benzene rings is 3. The van der Waals surface area contributed by atoms with Crippen LogP contribution in [0.15, 0.2) is 66.7 Å². The summed E-state index contributed by atoms with van der Waals surface area (Å²) in [5, 5.41) is 2.80. The number of nitrogens with zero attached hydrogens (tertiary/aromatic N) is 3. The lowest BCUT2D eigenvalue weighted by Gasteiger charge is -2.50. The van der Waals surface area contributed by atoms with Gasteiger partial charge in [0.05, 0.1) is 11.5 Å². The number of hydrogen-bond donors (Lipinski definition) is 0. The summed E-state index contributed by atoms with van der Waals surface area (Å²) in [6.07, 6.45) is 13.3. The first kappa shape index (κ1) is 29.4. The van der Waals surface area contributed by atoms with Crippen molar-refractivity contribution in [3.05, 3.63) is 89.0 Å². The van der Waals surface area contributed by atoms with Crippen LogP contribution >= 0.6 is 11.3 Å². The molecule has 2 saturated carbocycles. The van der Waals surface area contributed by atoms with Crippen LogP contribution in [0.5, 0.6) is 0 Å². The van der Waals surface area contributed by atoms with Gasteiger partial charge >= 0.3 is 5.79 Å². The molecule has 3 aromatic carbocycles. The third-order valence-corrected chi connectivity index (χ3v) is 14.1. The van der Waals surface area contributed by atoms with Gasteiger partial charge in [0.1, 0.15) is 17.6 Å². The van der Waals surface area contributed by atoms with Crippen LogP contribution in [-0.2, 0) is 11.2 Å². The summed E-state index contributed by atoms with van der Waals surface area (Å²) in [4.78, 5) is 4.51. The number of fused-ring (bicyclic) bond motifs is 13. The van der Waals surface area contributed by atoms with Crippen LogP contribution in [-0.4, -0.2) is 27.4 Å². The third-order valence-electron chi connectivity index (χ3n) is 12.9. The highest BCUT2D eigenvalue weighted by atomic mass is 32.1. The summed E-state index contributed by atoms with van der Waals surface area (Å²) >= 11 is 2.02. The predicted molar refractivity (Wildman–Crippen MR) is 200 cm³/mol. The molecule has 5 aliphatic rings. The van der Waals surface area contributed by atoms with Crippen molar-refractivity contribution in [2.24, 2.45) is 5.92 Å². The third kappa shape index (κ3) is 3.60. The van der Waals surface area contributed by atoms with Gasteiger partial charge < -0.3 is 0 Å². The van der Waals surface area contributed by atoms with Gasteiger partial charge in [0.25, 0.3) is 5.84 Å². The van der Waals surface area contributed by atoms with E-state index in [9.17, 15) is 0 Å². The fourth-order valence-corrected chi connectivity index (χ4v) is 12.4. The van der Waals surface area contributed by atoms with Gasteiger partial charge in [-0.25, -0.2) is 0 Å². The minimum absolute atomic E-state index is 0.0468. The Morgan fingerprint density at radius 3 is 2.29 bits per heavy atom. The predicted octanol–water partition coefficient (Wildman–Crippen LogP) is 10.6. The van der Waals surface area contributed by atoms with Gasteiger partial charge in [-0.2, -0.15) is 9.48 Å². The van der Waals surface area contributed by atoms with Gasteiger partial charge in [-0.1, -0.05) is 76.4 Å². The molecule has 1 spiro atoms. The highest BCUT2D eigenvalue weighted by Crippen LogP contribution is 2.62. The van der Waals surface area contributed by atoms with Crippen molar-refractivity contribution in [1.29, 1.82) is 0 Å². The second-order valence-corrected chi connectivity index (χ2v) is 17.5. The summed E-state index contributed by atoms with van der Waals surface area (Å²) < 4.78 is 7.29. The minimum Gasteiger partial charge on any atom is -0.155 e. The lowest BCUT2D eigenvalue weighted by molar-refractivity contribution is -0.957. The van der Waals surface area contributed by atoms with Crippen LogP contribution in [0.3, 0.4) is 0 Å². The van der Waals surface area contributed by atoms with E-state index in [4.69, 9.17) is 0 Å². The molecule has 0 radical (unpaired) electrons. The van der Waals surface area contributed by atoms with Crippen LogP contribution in [0, 0.1) is 12.8 Å². The highest BCUT2D eigenvalue weighted by molar-refractivity contribution is 7.22. The molecule has 244 valence electrons. The Labute approximate surface area is 289 Å². The second kappa shape index (κ2) is 10.3. The molecule has 1 atom stereocenters. The van der Waals surface area contributed by atoms with E-state index in [2.05, 4.69) is 115 Å². The molecule has 3 aliphatic carbocycles. The molecule has 2 fully saturated rings. The molecule has 0 amide bonds.